The molecule has 0 radical (unpaired) electrons. The highest BCUT2D eigenvalue weighted by atomic mass is 35.5. The first-order valence-corrected chi connectivity index (χ1v) is 7.67. The molecule has 1 aromatic carbocycles. The molecular weight excluding hydrogens is 283 g/mol. The lowest BCUT2D eigenvalue weighted by Gasteiger charge is -2.30. The van der Waals surface area contributed by atoms with Gasteiger partial charge in [-0.15, -0.1) is 0 Å². The van der Waals surface area contributed by atoms with Gasteiger partial charge in [-0.25, -0.2) is 8.42 Å². The largest absolute Gasteiger partial charge is 0.397 e. The van der Waals surface area contributed by atoms with Crippen molar-refractivity contribution in [2.45, 2.75) is 0 Å². The second kappa shape index (κ2) is 4.55. The molecule has 0 atom stereocenters. The molecule has 0 aliphatic carbocycles. The first-order valence-electron chi connectivity index (χ1n) is 5.09. The maximum atomic E-state index is 11.3. The molecule has 0 spiro atoms. The van der Waals surface area contributed by atoms with Crippen LogP contribution in [0.3, 0.4) is 0 Å². The summed E-state index contributed by atoms with van der Waals surface area (Å²) in [6.07, 6.45) is 0. The van der Waals surface area contributed by atoms with Gasteiger partial charge in [0.15, 0.2) is 9.84 Å². The first-order chi connectivity index (χ1) is 7.89. The summed E-state index contributed by atoms with van der Waals surface area (Å²) >= 11 is 11.8. The van der Waals surface area contributed by atoms with E-state index in [1.807, 2.05) is 4.90 Å². The molecule has 4 nitrogen and oxygen atoms in total. The Bertz CT molecular complexity index is 531. The molecule has 1 aliphatic rings. The Morgan fingerprint density at radius 2 is 1.65 bits per heavy atom. The summed E-state index contributed by atoms with van der Waals surface area (Å²) < 4.78 is 22.7. The van der Waals surface area contributed by atoms with E-state index < -0.39 is 9.84 Å². The SMILES string of the molecule is Nc1cc(Cl)c(Cl)cc1N1CCS(=O)(=O)CC1. The number of nitrogen functional groups attached to an aromatic ring is 1. The summed E-state index contributed by atoms with van der Waals surface area (Å²) in [7, 11) is -2.90. The second-order valence-electron chi connectivity index (χ2n) is 3.96. The number of sulfone groups is 1. The smallest absolute Gasteiger partial charge is 0.153 e. The minimum atomic E-state index is -2.90. The highest BCUT2D eigenvalue weighted by Gasteiger charge is 2.23. The number of nitrogens with zero attached hydrogens (tertiary/aromatic N) is 1. The molecule has 0 aromatic heterocycles. The average molecular weight is 295 g/mol. The quantitative estimate of drug-likeness (QED) is 0.803. The number of rotatable bonds is 1. The number of benzene rings is 1. The van der Waals surface area contributed by atoms with Crippen LogP contribution in [-0.4, -0.2) is 33.0 Å². The average Bonchev–Trinajstić information content (AvgIpc) is 2.24. The van der Waals surface area contributed by atoms with Gasteiger partial charge >= 0.3 is 0 Å². The van der Waals surface area contributed by atoms with Crippen LogP contribution in [0.15, 0.2) is 12.1 Å². The summed E-state index contributed by atoms with van der Waals surface area (Å²) in [6, 6.07) is 3.26. The molecule has 0 bridgehead atoms. The fourth-order valence-corrected chi connectivity index (χ4v) is 3.31. The van der Waals surface area contributed by atoms with Gasteiger partial charge in [-0.2, -0.15) is 0 Å². The van der Waals surface area contributed by atoms with Gasteiger partial charge in [-0.05, 0) is 12.1 Å². The van der Waals surface area contributed by atoms with E-state index in [4.69, 9.17) is 28.9 Å². The molecule has 7 heteroatoms. The fraction of sp³-hybridized carbons (Fsp3) is 0.400. The maximum absolute atomic E-state index is 11.3. The monoisotopic (exact) mass is 294 g/mol. The van der Waals surface area contributed by atoms with E-state index in [-0.39, 0.29) is 11.5 Å². The van der Waals surface area contributed by atoms with Crippen LogP contribution in [0, 0.1) is 0 Å². The molecule has 1 fully saturated rings. The molecule has 0 unspecified atom stereocenters. The standard InChI is InChI=1S/C10H12Cl2N2O2S/c11-7-5-9(13)10(6-8(7)12)14-1-3-17(15,16)4-2-14/h5-6H,1-4,13H2. The summed E-state index contributed by atoms with van der Waals surface area (Å²) in [4.78, 5) is 1.92. The maximum Gasteiger partial charge on any atom is 0.153 e. The number of halogens is 2. The van der Waals surface area contributed by atoms with Crippen molar-refractivity contribution in [2.24, 2.45) is 0 Å². The number of anilines is 2. The zero-order chi connectivity index (χ0) is 12.6. The van der Waals surface area contributed by atoms with Crippen LogP contribution in [0.1, 0.15) is 0 Å². The molecule has 2 N–H and O–H groups in total. The van der Waals surface area contributed by atoms with Crippen LogP contribution in [0.4, 0.5) is 11.4 Å². The molecule has 17 heavy (non-hydrogen) atoms. The topological polar surface area (TPSA) is 63.4 Å². The Morgan fingerprint density at radius 3 is 2.24 bits per heavy atom. The number of nitrogens with two attached hydrogens (primary N) is 1. The van der Waals surface area contributed by atoms with Crippen LogP contribution in [0.2, 0.25) is 10.0 Å². The minimum Gasteiger partial charge on any atom is -0.397 e. The van der Waals surface area contributed by atoms with Gasteiger partial charge in [0.1, 0.15) is 0 Å². The van der Waals surface area contributed by atoms with Gasteiger partial charge in [-0.3, -0.25) is 0 Å². The lowest BCUT2D eigenvalue weighted by molar-refractivity contribution is 0.587. The van der Waals surface area contributed by atoms with E-state index in [0.29, 0.717) is 28.8 Å². The van der Waals surface area contributed by atoms with E-state index in [2.05, 4.69) is 0 Å². The van der Waals surface area contributed by atoms with Gasteiger partial charge in [0.2, 0.25) is 0 Å². The van der Waals surface area contributed by atoms with Crippen molar-refractivity contribution in [3.63, 3.8) is 0 Å². The Balaban J connectivity index is 2.27. The highest BCUT2D eigenvalue weighted by molar-refractivity contribution is 7.91. The van der Waals surface area contributed by atoms with Gasteiger partial charge in [-0.1, -0.05) is 23.2 Å². The van der Waals surface area contributed by atoms with Crippen molar-refractivity contribution >= 4 is 44.4 Å². The van der Waals surface area contributed by atoms with Gasteiger partial charge in [0, 0.05) is 13.1 Å². The summed E-state index contributed by atoms with van der Waals surface area (Å²) in [6.45, 7) is 0.870. The zero-order valence-electron chi connectivity index (χ0n) is 8.99. The predicted molar refractivity (Wildman–Crippen MR) is 71.7 cm³/mol. The molecular formula is C10H12Cl2N2O2S. The summed E-state index contributed by atoms with van der Waals surface area (Å²) in [5.74, 6) is 0.291. The van der Waals surface area contributed by atoms with Crippen LogP contribution < -0.4 is 10.6 Å². The molecule has 0 amide bonds. The van der Waals surface area contributed by atoms with Crippen molar-refractivity contribution in [3.8, 4) is 0 Å². The molecule has 1 saturated heterocycles. The Kier molecular flexibility index (Phi) is 3.43. The third kappa shape index (κ3) is 2.78. The van der Waals surface area contributed by atoms with Gasteiger partial charge in [0.25, 0.3) is 0 Å². The van der Waals surface area contributed by atoms with Crippen molar-refractivity contribution in [1.82, 2.24) is 0 Å². The lowest BCUT2D eigenvalue weighted by Crippen LogP contribution is -2.40. The third-order valence-corrected chi connectivity index (χ3v) is 5.09. The van der Waals surface area contributed by atoms with Crippen LogP contribution in [0.25, 0.3) is 0 Å². The highest BCUT2D eigenvalue weighted by Crippen LogP contribution is 2.33. The van der Waals surface area contributed by atoms with E-state index in [1.54, 1.807) is 12.1 Å². The van der Waals surface area contributed by atoms with E-state index in [1.165, 1.54) is 0 Å². The van der Waals surface area contributed by atoms with E-state index in [0.717, 1.165) is 5.69 Å². The summed E-state index contributed by atoms with van der Waals surface area (Å²) in [5.41, 5.74) is 7.11. The van der Waals surface area contributed by atoms with Crippen molar-refractivity contribution < 1.29 is 8.42 Å². The molecule has 2 rings (SSSR count). The van der Waals surface area contributed by atoms with Crippen LogP contribution in [0.5, 0.6) is 0 Å². The van der Waals surface area contributed by atoms with Gasteiger partial charge in [0.05, 0.1) is 32.9 Å². The van der Waals surface area contributed by atoms with Crippen molar-refractivity contribution in [3.05, 3.63) is 22.2 Å². The Hall–Kier alpha value is -0.650. The molecule has 1 aliphatic heterocycles. The number of hydrogen-bond donors (Lipinski definition) is 1. The van der Waals surface area contributed by atoms with Crippen molar-refractivity contribution in [2.75, 3.05) is 35.2 Å². The molecule has 1 aromatic rings. The van der Waals surface area contributed by atoms with Gasteiger partial charge < -0.3 is 10.6 Å². The van der Waals surface area contributed by atoms with Crippen LogP contribution >= 0.6 is 23.2 Å². The molecule has 94 valence electrons. The first kappa shape index (κ1) is 12.8. The molecule has 1 heterocycles. The van der Waals surface area contributed by atoms with E-state index >= 15 is 0 Å². The Morgan fingerprint density at radius 1 is 1.12 bits per heavy atom. The predicted octanol–water partition coefficient (Wildman–Crippen LogP) is 1.81. The van der Waals surface area contributed by atoms with E-state index in [9.17, 15) is 8.42 Å². The third-order valence-electron chi connectivity index (χ3n) is 2.75. The summed E-state index contributed by atoms with van der Waals surface area (Å²) in [5, 5.41) is 0.821. The normalized spacial score (nSPS) is 19.3. The minimum absolute atomic E-state index is 0.146. The fourth-order valence-electron chi connectivity index (χ4n) is 1.78. The van der Waals surface area contributed by atoms with Crippen molar-refractivity contribution in [1.29, 1.82) is 0 Å². The second-order valence-corrected chi connectivity index (χ2v) is 7.08. The zero-order valence-corrected chi connectivity index (χ0v) is 11.3. The number of hydrogen-bond acceptors (Lipinski definition) is 4. The van der Waals surface area contributed by atoms with Crippen LogP contribution in [-0.2, 0) is 9.84 Å². The Labute approximate surface area is 110 Å². The lowest BCUT2D eigenvalue weighted by atomic mass is 10.2. The molecule has 0 saturated carbocycles.